The maximum Gasteiger partial charge on any atom is 0.258 e. The van der Waals surface area contributed by atoms with Crippen LogP contribution in [0.5, 0.6) is 5.75 Å². The minimum atomic E-state index is -0.498. The van der Waals surface area contributed by atoms with E-state index in [-0.39, 0.29) is 24.5 Å². The van der Waals surface area contributed by atoms with Crippen molar-refractivity contribution in [2.75, 3.05) is 19.7 Å². The van der Waals surface area contributed by atoms with Gasteiger partial charge in [0.25, 0.3) is 5.91 Å². The number of nitrogens with one attached hydrogen (secondary N) is 1. The zero-order valence-electron chi connectivity index (χ0n) is 14.5. The van der Waals surface area contributed by atoms with E-state index in [1.807, 2.05) is 32.0 Å². The van der Waals surface area contributed by atoms with Crippen LogP contribution in [0.1, 0.15) is 30.9 Å². The Hall–Kier alpha value is -1.75. The van der Waals surface area contributed by atoms with E-state index < -0.39 is 5.38 Å². The lowest BCUT2D eigenvalue weighted by Crippen LogP contribution is -2.48. The van der Waals surface area contributed by atoms with E-state index in [1.165, 1.54) is 0 Å². The number of aryl methyl sites for hydroxylation is 1. The molecule has 0 bridgehead atoms. The number of carbonyl (C=O) groups excluding carboxylic acids is 2. The van der Waals surface area contributed by atoms with Crippen molar-refractivity contribution in [1.82, 2.24) is 10.2 Å². The molecule has 1 fully saturated rings. The molecule has 1 aromatic rings. The number of likely N-dealkylation sites (tertiary alicyclic amines) is 1. The van der Waals surface area contributed by atoms with Crippen molar-refractivity contribution in [3.8, 4) is 5.75 Å². The zero-order chi connectivity index (χ0) is 17.7. The van der Waals surface area contributed by atoms with Crippen LogP contribution in [-0.2, 0) is 9.59 Å². The van der Waals surface area contributed by atoms with E-state index in [2.05, 4.69) is 5.32 Å². The number of nitrogens with zero attached hydrogens (tertiary/aromatic N) is 1. The van der Waals surface area contributed by atoms with Gasteiger partial charge in [-0.25, -0.2) is 0 Å². The molecule has 1 heterocycles. The molecule has 0 radical (unpaired) electrons. The highest BCUT2D eigenvalue weighted by molar-refractivity contribution is 6.30. The molecule has 132 valence electrons. The van der Waals surface area contributed by atoms with Crippen LogP contribution < -0.4 is 10.1 Å². The molecule has 1 aliphatic rings. The molecule has 2 rings (SSSR count). The summed E-state index contributed by atoms with van der Waals surface area (Å²) < 4.78 is 5.62. The average Bonchev–Trinajstić information content (AvgIpc) is 2.56. The lowest BCUT2D eigenvalue weighted by Gasteiger charge is -2.33. The van der Waals surface area contributed by atoms with Crippen molar-refractivity contribution in [2.24, 2.45) is 0 Å². The fourth-order valence-electron chi connectivity index (χ4n) is 2.79. The zero-order valence-corrected chi connectivity index (χ0v) is 15.2. The minimum Gasteiger partial charge on any atom is -0.483 e. The number of hydrogen-bond donors (Lipinski definition) is 1. The third kappa shape index (κ3) is 4.87. The predicted molar refractivity (Wildman–Crippen MR) is 94.5 cm³/mol. The summed E-state index contributed by atoms with van der Waals surface area (Å²) in [6, 6.07) is 5.88. The molecule has 0 aromatic heterocycles. The van der Waals surface area contributed by atoms with E-state index in [9.17, 15) is 9.59 Å². The molecular formula is C18H25ClN2O3. The van der Waals surface area contributed by atoms with Crippen LogP contribution in [-0.4, -0.2) is 47.8 Å². The smallest absolute Gasteiger partial charge is 0.258 e. The second-order valence-corrected chi connectivity index (χ2v) is 6.92. The summed E-state index contributed by atoms with van der Waals surface area (Å²) in [5, 5.41) is 2.48. The first kappa shape index (κ1) is 18.6. The van der Waals surface area contributed by atoms with Crippen molar-refractivity contribution in [1.29, 1.82) is 0 Å². The van der Waals surface area contributed by atoms with Gasteiger partial charge in [0, 0.05) is 19.1 Å². The quantitative estimate of drug-likeness (QED) is 0.828. The molecule has 2 amide bonds. The molecule has 1 saturated heterocycles. The summed E-state index contributed by atoms with van der Waals surface area (Å²) in [7, 11) is 0. The maximum atomic E-state index is 12.1. The van der Waals surface area contributed by atoms with Crippen LogP contribution in [0, 0.1) is 13.8 Å². The standard InChI is InChI=1S/C18H25ClN2O3/c1-12-5-4-6-16(13(12)2)24-11-17(22)20-15-7-9-21(10-8-15)18(23)14(3)19/h4-6,14-15H,7-11H2,1-3H3,(H,20,22). The highest BCUT2D eigenvalue weighted by Gasteiger charge is 2.25. The first-order chi connectivity index (χ1) is 11.4. The number of carbonyl (C=O) groups is 2. The van der Waals surface area contributed by atoms with E-state index in [4.69, 9.17) is 16.3 Å². The first-order valence-corrected chi connectivity index (χ1v) is 8.73. The van der Waals surface area contributed by atoms with Crippen LogP contribution >= 0.6 is 11.6 Å². The van der Waals surface area contributed by atoms with Gasteiger partial charge < -0.3 is 15.0 Å². The Morgan fingerprint density at radius 3 is 2.62 bits per heavy atom. The van der Waals surface area contributed by atoms with Crippen LogP contribution in [0.25, 0.3) is 0 Å². The van der Waals surface area contributed by atoms with Gasteiger partial charge in [-0.1, -0.05) is 12.1 Å². The Balaban J connectivity index is 1.76. The predicted octanol–water partition coefficient (Wildman–Crippen LogP) is 2.42. The van der Waals surface area contributed by atoms with Crippen LogP contribution in [0.3, 0.4) is 0 Å². The van der Waals surface area contributed by atoms with Crippen molar-refractivity contribution < 1.29 is 14.3 Å². The van der Waals surface area contributed by atoms with Crippen molar-refractivity contribution in [3.63, 3.8) is 0 Å². The Labute approximate surface area is 148 Å². The molecule has 1 N–H and O–H groups in total. The van der Waals surface area contributed by atoms with Gasteiger partial charge in [0.1, 0.15) is 11.1 Å². The Bertz CT molecular complexity index is 596. The molecule has 0 spiro atoms. The van der Waals surface area contributed by atoms with E-state index in [0.717, 1.165) is 29.7 Å². The molecule has 1 atom stereocenters. The lowest BCUT2D eigenvalue weighted by molar-refractivity contribution is -0.131. The number of piperidine rings is 1. The number of rotatable bonds is 5. The highest BCUT2D eigenvalue weighted by atomic mass is 35.5. The number of benzene rings is 1. The molecular weight excluding hydrogens is 328 g/mol. The fourth-order valence-corrected chi connectivity index (χ4v) is 2.93. The Morgan fingerprint density at radius 1 is 1.33 bits per heavy atom. The molecule has 6 heteroatoms. The Morgan fingerprint density at radius 2 is 2.00 bits per heavy atom. The summed E-state index contributed by atoms with van der Waals surface area (Å²) in [5.74, 6) is 0.563. The molecule has 5 nitrogen and oxygen atoms in total. The number of halogens is 1. The van der Waals surface area contributed by atoms with Gasteiger partial charge in [-0.15, -0.1) is 11.6 Å². The topological polar surface area (TPSA) is 58.6 Å². The third-order valence-electron chi connectivity index (χ3n) is 4.43. The normalized spacial score (nSPS) is 16.6. The SMILES string of the molecule is Cc1cccc(OCC(=O)NC2CCN(C(=O)C(C)Cl)CC2)c1C. The van der Waals surface area contributed by atoms with Crippen molar-refractivity contribution >= 4 is 23.4 Å². The van der Waals surface area contributed by atoms with E-state index in [1.54, 1.807) is 11.8 Å². The van der Waals surface area contributed by atoms with Crippen LogP contribution in [0.2, 0.25) is 0 Å². The van der Waals surface area contributed by atoms with Gasteiger partial charge in [0.15, 0.2) is 6.61 Å². The van der Waals surface area contributed by atoms with Crippen LogP contribution in [0.15, 0.2) is 18.2 Å². The molecule has 0 aliphatic carbocycles. The third-order valence-corrected chi connectivity index (χ3v) is 4.61. The van der Waals surface area contributed by atoms with Gasteiger partial charge in [0.2, 0.25) is 5.91 Å². The largest absolute Gasteiger partial charge is 0.483 e. The number of amides is 2. The molecule has 1 unspecified atom stereocenters. The van der Waals surface area contributed by atoms with Gasteiger partial charge in [-0.3, -0.25) is 9.59 Å². The lowest BCUT2D eigenvalue weighted by atomic mass is 10.0. The van der Waals surface area contributed by atoms with Gasteiger partial charge >= 0.3 is 0 Å². The molecule has 1 aromatic carbocycles. The molecule has 1 aliphatic heterocycles. The van der Waals surface area contributed by atoms with E-state index >= 15 is 0 Å². The maximum absolute atomic E-state index is 12.1. The number of ether oxygens (including phenoxy) is 1. The van der Waals surface area contributed by atoms with Gasteiger partial charge in [-0.05, 0) is 50.8 Å². The van der Waals surface area contributed by atoms with Crippen LogP contribution in [0.4, 0.5) is 0 Å². The second-order valence-electron chi connectivity index (χ2n) is 6.27. The summed E-state index contributed by atoms with van der Waals surface area (Å²) in [5.41, 5.74) is 2.19. The van der Waals surface area contributed by atoms with Crippen molar-refractivity contribution in [3.05, 3.63) is 29.3 Å². The summed E-state index contributed by atoms with van der Waals surface area (Å²) >= 11 is 5.83. The monoisotopic (exact) mass is 352 g/mol. The fraction of sp³-hybridized carbons (Fsp3) is 0.556. The minimum absolute atomic E-state index is 0.00214. The number of alkyl halides is 1. The molecule has 0 saturated carbocycles. The Kier molecular flexibility index (Phi) is 6.49. The number of hydrogen-bond acceptors (Lipinski definition) is 3. The first-order valence-electron chi connectivity index (χ1n) is 8.29. The summed E-state index contributed by atoms with van der Waals surface area (Å²) in [6.07, 6.45) is 1.48. The average molecular weight is 353 g/mol. The van der Waals surface area contributed by atoms with Crippen molar-refractivity contribution in [2.45, 2.75) is 45.0 Å². The summed E-state index contributed by atoms with van der Waals surface area (Å²) in [6.45, 7) is 6.92. The second kappa shape index (κ2) is 8.38. The summed E-state index contributed by atoms with van der Waals surface area (Å²) in [4.78, 5) is 25.7. The molecule has 24 heavy (non-hydrogen) atoms. The van der Waals surface area contributed by atoms with Gasteiger partial charge in [-0.2, -0.15) is 0 Å². The highest BCUT2D eigenvalue weighted by Crippen LogP contribution is 2.20. The van der Waals surface area contributed by atoms with E-state index in [0.29, 0.717) is 13.1 Å². The van der Waals surface area contributed by atoms with Gasteiger partial charge in [0.05, 0.1) is 0 Å².